The fraction of sp³-hybridized carbons (Fsp3) is 0.361. The van der Waals surface area contributed by atoms with E-state index < -0.39 is 48.1 Å². The van der Waals surface area contributed by atoms with Gasteiger partial charge in [-0.25, -0.2) is 5.48 Å². The molecule has 0 saturated heterocycles. The fourth-order valence-corrected chi connectivity index (χ4v) is 5.64. The van der Waals surface area contributed by atoms with Crippen LogP contribution >= 0.6 is 0 Å². The quantitative estimate of drug-likeness (QED) is 0.0930. The maximum absolute atomic E-state index is 14.1. The van der Waals surface area contributed by atoms with Crippen LogP contribution in [0, 0.1) is 17.8 Å². The van der Waals surface area contributed by atoms with Gasteiger partial charge >= 0.3 is 0 Å². The van der Waals surface area contributed by atoms with E-state index in [1.807, 2.05) is 63.2 Å². The minimum atomic E-state index is -1.30. The number of Topliss-reactive ketones (excluding diaryl/α,β-unsaturated/α-hetero) is 1. The molecule has 0 aromatic heterocycles. The molecule has 3 aromatic carbocycles. The first-order chi connectivity index (χ1) is 22.5. The molecule has 1 aliphatic rings. The number of benzene rings is 3. The highest BCUT2D eigenvalue weighted by Crippen LogP contribution is 2.28. The second kappa shape index (κ2) is 16.1. The molecule has 1 heterocycles. The zero-order valence-corrected chi connectivity index (χ0v) is 27.1. The molecule has 1 aliphatic heterocycles. The second-order valence-corrected chi connectivity index (χ2v) is 12.4. The van der Waals surface area contributed by atoms with Gasteiger partial charge in [-0.05, 0) is 68.4 Å². The van der Waals surface area contributed by atoms with Gasteiger partial charge in [0.2, 0.25) is 11.8 Å². The standard InChI is InChI=1S/C36H42N4O7/c1-23(2)20-29(30(34(43)38-46)22-40-35(44)27-12-8-9-13-28(27)36(40)45)33(42)37-31(21-24-10-6-5-7-11-24)32(41)25-14-16-26(17-15-25)47-19-18-39(3)4/h5-17,23,29-31,46H,18-22H2,1-4H3,(H,37,42)(H,38,43)/t29-,30?,31-/m0/s1. The zero-order chi connectivity index (χ0) is 34.1. The van der Waals surface area contributed by atoms with Crippen molar-refractivity contribution in [3.05, 3.63) is 101 Å². The van der Waals surface area contributed by atoms with E-state index in [-0.39, 0.29) is 35.7 Å². The summed E-state index contributed by atoms with van der Waals surface area (Å²) in [7, 11) is 3.89. The van der Waals surface area contributed by atoms with Crippen molar-refractivity contribution in [3.8, 4) is 5.75 Å². The molecule has 248 valence electrons. The van der Waals surface area contributed by atoms with E-state index in [4.69, 9.17) is 4.74 Å². The number of likely N-dealkylation sites (N-methyl/N-ethyl adjacent to an activating group) is 1. The van der Waals surface area contributed by atoms with Crippen LogP contribution < -0.4 is 15.5 Å². The van der Waals surface area contributed by atoms with Gasteiger partial charge in [0.15, 0.2) is 5.78 Å². The molecule has 11 heteroatoms. The molecule has 47 heavy (non-hydrogen) atoms. The molecular formula is C36H42N4O7. The van der Waals surface area contributed by atoms with E-state index in [0.29, 0.717) is 17.9 Å². The number of carbonyl (C=O) groups excluding carboxylic acids is 5. The third kappa shape index (κ3) is 8.90. The van der Waals surface area contributed by atoms with Gasteiger partial charge in [0.05, 0.1) is 29.0 Å². The van der Waals surface area contributed by atoms with E-state index >= 15 is 0 Å². The number of hydrogen-bond donors (Lipinski definition) is 3. The van der Waals surface area contributed by atoms with Gasteiger partial charge in [0.25, 0.3) is 11.8 Å². The summed E-state index contributed by atoms with van der Waals surface area (Å²) in [6.45, 7) is 4.51. The van der Waals surface area contributed by atoms with Crippen LogP contribution in [0.5, 0.6) is 5.75 Å². The molecule has 0 saturated carbocycles. The van der Waals surface area contributed by atoms with Crippen molar-refractivity contribution in [2.75, 3.05) is 33.8 Å². The number of carbonyl (C=O) groups is 5. The van der Waals surface area contributed by atoms with Gasteiger partial charge < -0.3 is 15.0 Å². The highest BCUT2D eigenvalue weighted by atomic mass is 16.5. The van der Waals surface area contributed by atoms with Gasteiger partial charge in [0.1, 0.15) is 12.4 Å². The Hall–Kier alpha value is -4.87. The van der Waals surface area contributed by atoms with Crippen molar-refractivity contribution in [1.29, 1.82) is 0 Å². The first kappa shape index (κ1) is 35.0. The van der Waals surface area contributed by atoms with Gasteiger partial charge in [-0.15, -0.1) is 0 Å². The lowest BCUT2D eigenvalue weighted by molar-refractivity contribution is -0.141. The number of rotatable bonds is 16. The molecule has 4 rings (SSSR count). The molecule has 3 N–H and O–H groups in total. The lowest BCUT2D eigenvalue weighted by Crippen LogP contribution is -2.51. The van der Waals surface area contributed by atoms with Gasteiger partial charge in [-0.1, -0.05) is 56.3 Å². The molecule has 3 atom stereocenters. The minimum absolute atomic E-state index is 0.0924. The zero-order valence-electron chi connectivity index (χ0n) is 27.1. The number of fused-ring (bicyclic) bond motifs is 1. The van der Waals surface area contributed by atoms with Crippen LogP contribution in [0.15, 0.2) is 78.9 Å². The minimum Gasteiger partial charge on any atom is -0.492 e. The Morgan fingerprint density at radius 3 is 1.98 bits per heavy atom. The van der Waals surface area contributed by atoms with Gasteiger partial charge in [0, 0.05) is 25.1 Å². The van der Waals surface area contributed by atoms with E-state index in [0.717, 1.165) is 17.0 Å². The Bertz CT molecular complexity index is 1540. The maximum atomic E-state index is 14.1. The SMILES string of the molecule is CC(C)C[C@H](C(=O)N[C@@H](Cc1ccccc1)C(=O)c1ccc(OCCN(C)C)cc1)C(CN1C(=O)c2ccccc2C1=O)C(=O)NO. The van der Waals surface area contributed by atoms with Crippen molar-refractivity contribution < 1.29 is 33.9 Å². The molecular weight excluding hydrogens is 600 g/mol. The summed E-state index contributed by atoms with van der Waals surface area (Å²) in [5, 5.41) is 12.6. The largest absolute Gasteiger partial charge is 0.492 e. The summed E-state index contributed by atoms with van der Waals surface area (Å²) in [5.41, 5.74) is 3.19. The Morgan fingerprint density at radius 2 is 1.43 bits per heavy atom. The van der Waals surface area contributed by atoms with E-state index in [1.165, 1.54) is 12.1 Å². The molecule has 3 aromatic rings. The molecule has 1 unspecified atom stereocenters. The van der Waals surface area contributed by atoms with Crippen LogP contribution in [0.2, 0.25) is 0 Å². The first-order valence-electron chi connectivity index (χ1n) is 15.6. The number of imide groups is 1. The predicted octanol–water partition coefficient (Wildman–Crippen LogP) is 3.62. The Labute approximate surface area is 274 Å². The number of nitrogens with one attached hydrogen (secondary N) is 2. The van der Waals surface area contributed by atoms with Crippen molar-refractivity contribution in [3.63, 3.8) is 0 Å². The monoisotopic (exact) mass is 642 g/mol. The number of hydroxylamine groups is 1. The molecule has 0 spiro atoms. The number of nitrogens with zero attached hydrogens (tertiary/aromatic N) is 2. The average Bonchev–Trinajstić information content (AvgIpc) is 3.30. The summed E-state index contributed by atoms with van der Waals surface area (Å²) < 4.78 is 5.76. The molecule has 0 aliphatic carbocycles. The third-order valence-corrected chi connectivity index (χ3v) is 8.11. The molecule has 0 fully saturated rings. The maximum Gasteiger partial charge on any atom is 0.261 e. The lowest BCUT2D eigenvalue weighted by Gasteiger charge is -2.30. The second-order valence-electron chi connectivity index (χ2n) is 12.4. The lowest BCUT2D eigenvalue weighted by atomic mass is 9.83. The van der Waals surface area contributed by atoms with Crippen molar-refractivity contribution in [1.82, 2.24) is 20.6 Å². The number of ether oxygens (including phenoxy) is 1. The highest BCUT2D eigenvalue weighted by molar-refractivity contribution is 6.21. The number of hydrogen-bond acceptors (Lipinski definition) is 8. The molecule has 0 radical (unpaired) electrons. The van der Waals surface area contributed by atoms with Crippen LogP contribution in [-0.2, 0) is 16.0 Å². The van der Waals surface area contributed by atoms with Gasteiger partial charge in [-0.2, -0.15) is 0 Å². The summed E-state index contributed by atoms with van der Waals surface area (Å²) in [6.07, 6.45) is 0.356. The van der Waals surface area contributed by atoms with Crippen LogP contribution in [0.4, 0.5) is 0 Å². The Balaban J connectivity index is 1.60. The molecule has 4 amide bonds. The predicted molar refractivity (Wildman–Crippen MR) is 175 cm³/mol. The summed E-state index contributed by atoms with van der Waals surface area (Å²) >= 11 is 0. The molecule has 0 bridgehead atoms. The number of amides is 4. The van der Waals surface area contributed by atoms with Crippen LogP contribution in [-0.4, -0.2) is 84.3 Å². The fourth-order valence-electron chi connectivity index (χ4n) is 5.64. The van der Waals surface area contributed by atoms with Crippen molar-refractivity contribution in [2.24, 2.45) is 17.8 Å². The normalized spacial score (nSPS) is 14.5. The van der Waals surface area contributed by atoms with Crippen molar-refractivity contribution in [2.45, 2.75) is 32.7 Å². The van der Waals surface area contributed by atoms with Crippen LogP contribution in [0.1, 0.15) is 56.9 Å². The molecule has 11 nitrogen and oxygen atoms in total. The summed E-state index contributed by atoms with van der Waals surface area (Å²) in [5.74, 6) is -4.91. The Morgan fingerprint density at radius 1 is 0.830 bits per heavy atom. The smallest absolute Gasteiger partial charge is 0.261 e. The van der Waals surface area contributed by atoms with Crippen LogP contribution in [0.25, 0.3) is 0 Å². The third-order valence-electron chi connectivity index (χ3n) is 8.11. The van der Waals surface area contributed by atoms with Crippen molar-refractivity contribution >= 4 is 29.4 Å². The topological polar surface area (TPSA) is 145 Å². The average molecular weight is 643 g/mol. The number of ketones is 1. The van der Waals surface area contributed by atoms with E-state index in [1.54, 1.807) is 41.9 Å². The van der Waals surface area contributed by atoms with E-state index in [9.17, 15) is 29.2 Å². The summed E-state index contributed by atoms with van der Waals surface area (Å²) in [4.78, 5) is 70.4. The van der Waals surface area contributed by atoms with E-state index in [2.05, 4.69) is 5.32 Å². The Kier molecular flexibility index (Phi) is 12.0. The summed E-state index contributed by atoms with van der Waals surface area (Å²) in [6, 6.07) is 21.2. The highest BCUT2D eigenvalue weighted by Gasteiger charge is 2.42. The first-order valence-corrected chi connectivity index (χ1v) is 15.6. The van der Waals surface area contributed by atoms with Crippen LogP contribution in [0.3, 0.4) is 0 Å². The van der Waals surface area contributed by atoms with Gasteiger partial charge in [-0.3, -0.25) is 34.1 Å².